The molecule has 0 saturated heterocycles. The van der Waals surface area contributed by atoms with E-state index in [1.807, 2.05) is 18.2 Å². The Bertz CT molecular complexity index is 433. The second-order valence-corrected chi connectivity index (χ2v) is 4.29. The maximum Gasteiger partial charge on any atom is 0.307 e. The Labute approximate surface area is 102 Å². The van der Waals surface area contributed by atoms with Gasteiger partial charge in [0.2, 0.25) is 0 Å². The molecule has 0 aliphatic carbocycles. The van der Waals surface area contributed by atoms with E-state index in [2.05, 4.69) is 20.4 Å². The summed E-state index contributed by atoms with van der Waals surface area (Å²) in [6.07, 6.45) is -0.0715. The molecule has 0 unspecified atom stereocenters. The number of rotatable bonds is 5. The minimum atomic E-state index is -0.882. The van der Waals surface area contributed by atoms with E-state index in [-0.39, 0.29) is 6.42 Å². The lowest BCUT2D eigenvalue weighted by Crippen LogP contribution is -1.99. The molecule has 3 heteroatoms. The van der Waals surface area contributed by atoms with Crippen LogP contribution in [-0.2, 0) is 4.79 Å². The molecule has 0 bridgehead atoms. The van der Waals surface area contributed by atoms with Gasteiger partial charge in [-0.2, -0.15) is 0 Å². The fourth-order valence-corrected chi connectivity index (χ4v) is 1.64. The zero-order chi connectivity index (χ0) is 13.0. The molecule has 1 aromatic carbocycles. The maximum absolute atomic E-state index is 10.7. The van der Waals surface area contributed by atoms with Crippen molar-refractivity contribution in [2.45, 2.75) is 26.2 Å². The van der Waals surface area contributed by atoms with Crippen molar-refractivity contribution in [1.82, 2.24) is 0 Å². The van der Waals surface area contributed by atoms with Crippen molar-refractivity contribution in [1.29, 1.82) is 0 Å². The van der Waals surface area contributed by atoms with Crippen molar-refractivity contribution in [3.8, 4) is 5.75 Å². The van der Waals surface area contributed by atoms with Gasteiger partial charge in [0.1, 0.15) is 5.75 Å². The zero-order valence-electron chi connectivity index (χ0n) is 10.5. The van der Waals surface area contributed by atoms with Gasteiger partial charge >= 0.3 is 5.97 Å². The summed E-state index contributed by atoms with van der Waals surface area (Å²) in [5.74, 6) is 0.171. The van der Waals surface area contributed by atoms with Crippen LogP contribution in [0.4, 0.5) is 0 Å². The molecule has 0 heterocycles. The summed E-state index contributed by atoms with van der Waals surface area (Å²) in [6.45, 7) is 7.99. The summed E-state index contributed by atoms with van der Waals surface area (Å²) >= 11 is 0. The number of carboxylic acids is 1. The van der Waals surface area contributed by atoms with Crippen LogP contribution in [0.5, 0.6) is 5.75 Å². The van der Waals surface area contributed by atoms with Gasteiger partial charge in [-0.15, -0.1) is 0 Å². The molecule has 3 nitrogen and oxygen atoms in total. The number of aliphatic carboxylic acids is 1. The second kappa shape index (κ2) is 5.53. The highest BCUT2D eigenvalue weighted by Crippen LogP contribution is 2.30. The van der Waals surface area contributed by atoms with Crippen LogP contribution in [0.3, 0.4) is 0 Å². The Kier molecular flexibility index (Phi) is 4.32. The van der Waals surface area contributed by atoms with Crippen LogP contribution in [0.15, 0.2) is 24.8 Å². The SMILES string of the molecule is C=C(CC(=O)O)c1cc(C(C)C)ccc1OC. The zero-order valence-corrected chi connectivity index (χ0v) is 10.5. The van der Waals surface area contributed by atoms with Crippen molar-refractivity contribution in [3.63, 3.8) is 0 Å². The highest BCUT2D eigenvalue weighted by molar-refractivity contribution is 5.84. The number of carboxylic acid groups (broad SMARTS) is 1. The average molecular weight is 234 g/mol. The molecule has 0 spiro atoms. The molecule has 1 N–H and O–H groups in total. The van der Waals surface area contributed by atoms with E-state index < -0.39 is 5.97 Å². The number of carbonyl (C=O) groups is 1. The van der Waals surface area contributed by atoms with Crippen LogP contribution in [-0.4, -0.2) is 18.2 Å². The molecule has 0 aliphatic heterocycles. The third-order valence-corrected chi connectivity index (χ3v) is 2.64. The molecule has 92 valence electrons. The lowest BCUT2D eigenvalue weighted by atomic mass is 9.96. The number of hydrogen-bond donors (Lipinski definition) is 1. The van der Waals surface area contributed by atoms with E-state index in [0.29, 0.717) is 17.2 Å². The highest BCUT2D eigenvalue weighted by Gasteiger charge is 2.12. The van der Waals surface area contributed by atoms with Gasteiger partial charge in [-0.1, -0.05) is 26.5 Å². The first-order valence-electron chi connectivity index (χ1n) is 5.53. The first-order valence-corrected chi connectivity index (χ1v) is 5.53. The highest BCUT2D eigenvalue weighted by atomic mass is 16.5. The predicted octanol–water partition coefficient (Wildman–Crippen LogP) is 3.31. The molecule has 1 rings (SSSR count). The Hall–Kier alpha value is -1.77. The molecular formula is C14H18O3. The first-order chi connectivity index (χ1) is 7.95. The fourth-order valence-electron chi connectivity index (χ4n) is 1.64. The minimum absolute atomic E-state index is 0.0715. The Morgan fingerprint density at radius 3 is 2.59 bits per heavy atom. The normalized spacial score (nSPS) is 10.4. The number of hydrogen-bond acceptors (Lipinski definition) is 2. The summed E-state index contributed by atoms with van der Waals surface area (Å²) in [5, 5.41) is 8.79. The van der Waals surface area contributed by atoms with Gasteiger partial charge in [-0.25, -0.2) is 0 Å². The maximum atomic E-state index is 10.7. The first kappa shape index (κ1) is 13.3. The van der Waals surface area contributed by atoms with Crippen molar-refractivity contribution >= 4 is 11.5 Å². The van der Waals surface area contributed by atoms with E-state index in [1.165, 1.54) is 0 Å². The Balaban J connectivity index is 3.13. The van der Waals surface area contributed by atoms with Gasteiger partial charge in [-0.05, 0) is 29.2 Å². The number of benzene rings is 1. The van der Waals surface area contributed by atoms with Gasteiger partial charge in [0.15, 0.2) is 0 Å². The van der Waals surface area contributed by atoms with Gasteiger partial charge in [0.25, 0.3) is 0 Å². The fraction of sp³-hybridized carbons (Fsp3) is 0.357. The smallest absolute Gasteiger partial charge is 0.307 e. The van der Waals surface area contributed by atoms with E-state index >= 15 is 0 Å². The van der Waals surface area contributed by atoms with Crippen molar-refractivity contribution in [3.05, 3.63) is 35.9 Å². The number of methoxy groups -OCH3 is 1. The van der Waals surface area contributed by atoms with Crippen LogP contribution < -0.4 is 4.74 Å². The molecule has 17 heavy (non-hydrogen) atoms. The minimum Gasteiger partial charge on any atom is -0.496 e. The van der Waals surface area contributed by atoms with E-state index in [0.717, 1.165) is 11.1 Å². The van der Waals surface area contributed by atoms with Crippen LogP contribution >= 0.6 is 0 Å². The van der Waals surface area contributed by atoms with Crippen LogP contribution in [0, 0.1) is 0 Å². The molecule has 0 aromatic heterocycles. The standard InChI is InChI=1S/C14H18O3/c1-9(2)11-5-6-13(17-4)12(8-11)10(3)7-14(15)16/h5-6,8-9H,3,7H2,1-2,4H3,(H,15,16). The topological polar surface area (TPSA) is 46.5 Å². The molecule has 0 aliphatic rings. The van der Waals surface area contributed by atoms with Crippen LogP contribution in [0.1, 0.15) is 37.3 Å². The van der Waals surface area contributed by atoms with Gasteiger partial charge < -0.3 is 9.84 Å². The van der Waals surface area contributed by atoms with Crippen LogP contribution in [0.25, 0.3) is 5.57 Å². The molecule has 1 aromatic rings. The third kappa shape index (κ3) is 3.34. The van der Waals surface area contributed by atoms with Crippen molar-refractivity contribution < 1.29 is 14.6 Å². The monoisotopic (exact) mass is 234 g/mol. The molecule has 0 saturated carbocycles. The lowest BCUT2D eigenvalue weighted by Gasteiger charge is -2.13. The second-order valence-electron chi connectivity index (χ2n) is 4.29. The molecule has 0 amide bonds. The molecule has 0 atom stereocenters. The quantitative estimate of drug-likeness (QED) is 0.850. The van der Waals surface area contributed by atoms with Gasteiger partial charge in [-0.3, -0.25) is 4.79 Å². The van der Waals surface area contributed by atoms with Crippen molar-refractivity contribution in [2.24, 2.45) is 0 Å². The summed E-state index contributed by atoms with van der Waals surface area (Å²) in [4.78, 5) is 10.7. The third-order valence-electron chi connectivity index (χ3n) is 2.64. The van der Waals surface area contributed by atoms with E-state index in [4.69, 9.17) is 9.84 Å². The van der Waals surface area contributed by atoms with Gasteiger partial charge in [0.05, 0.1) is 13.5 Å². The van der Waals surface area contributed by atoms with Crippen molar-refractivity contribution in [2.75, 3.05) is 7.11 Å². The summed E-state index contributed by atoms with van der Waals surface area (Å²) in [5.41, 5.74) is 2.49. The Morgan fingerprint density at radius 1 is 1.47 bits per heavy atom. The van der Waals surface area contributed by atoms with Gasteiger partial charge in [0, 0.05) is 5.56 Å². The largest absolute Gasteiger partial charge is 0.496 e. The predicted molar refractivity (Wildman–Crippen MR) is 68.4 cm³/mol. The summed E-state index contributed by atoms with van der Waals surface area (Å²) < 4.78 is 5.23. The molecular weight excluding hydrogens is 216 g/mol. The molecule has 0 fully saturated rings. The van der Waals surface area contributed by atoms with E-state index in [1.54, 1.807) is 7.11 Å². The molecule has 0 radical (unpaired) electrons. The van der Waals surface area contributed by atoms with Crippen LogP contribution in [0.2, 0.25) is 0 Å². The lowest BCUT2D eigenvalue weighted by molar-refractivity contribution is -0.135. The summed E-state index contributed by atoms with van der Waals surface area (Å²) in [6, 6.07) is 5.80. The number of ether oxygens (including phenoxy) is 1. The summed E-state index contributed by atoms with van der Waals surface area (Å²) in [7, 11) is 1.57. The Morgan fingerprint density at radius 2 is 2.12 bits per heavy atom. The average Bonchev–Trinajstić information content (AvgIpc) is 2.27. The van der Waals surface area contributed by atoms with E-state index in [9.17, 15) is 4.79 Å².